The van der Waals surface area contributed by atoms with Crippen molar-refractivity contribution in [3.63, 3.8) is 0 Å². The third-order valence-electron chi connectivity index (χ3n) is 3.30. The van der Waals surface area contributed by atoms with Gasteiger partial charge in [0.25, 0.3) is 0 Å². The third-order valence-corrected chi connectivity index (χ3v) is 3.30. The van der Waals surface area contributed by atoms with Crippen LogP contribution in [0.15, 0.2) is 54.6 Å². The maximum Gasteiger partial charge on any atom is 0.244 e. The van der Waals surface area contributed by atoms with Crippen LogP contribution in [0.5, 0.6) is 0 Å². The first-order valence-corrected chi connectivity index (χ1v) is 6.66. The maximum atomic E-state index is 12.3. The van der Waals surface area contributed by atoms with E-state index in [4.69, 9.17) is 11.0 Å². The van der Waals surface area contributed by atoms with Gasteiger partial charge in [-0.15, -0.1) is 0 Å². The highest BCUT2D eigenvalue weighted by Crippen LogP contribution is 2.14. The fraction of sp³-hybridized carbons (Fsp3) is 0.176. The summed E-state index contributed by atoms with van der Waals surface area (Å²) in [6.07, 6.45) is 0. The molecule has 0 heterocycles. The second kappa shape index (κ2) is 6.69. The minimum Gasteiger partial charge on any atom is -0.340 e. The summed E-state index contributed by atoms with van der Waals surface area (Å²) in [5, 5.41) is 8.77. The number of hydrogen-bond donors (Lipinski definition) is 1. The number of nitrogens with two attached hydrogens (primary N) is 1. The Bertz CT molecular complexity index is 644. The molecule has 1 atom stereocenters. The van der Waals surface area contributed by atoms with Gasteiger partial charge in [0.1, 0.15) is 6.04 Å². The summed E-state index contributed by atoms with van der Waals surface area (Å²) in [6.45, 7) is 0.463. The average Bonchev–Trinajstić information content (AvgIpc) is 2.55. The standard InChI is InChI=1S/C17H17N3O/c1-20(12-14-9-7-13(11-18)8-10-14)17(21)16(19)15-5-3-2-4-6-15/h2-10,16H,12,19H2,1H3/t16-/m1/s1. The summed E-state index contributed by atoms with van der Waals surface area (Å²) in [7, 11) is 1.73. The number of likely N-dealkylation sites (N-methyl/N-ethyl adjacent to an activating group) is 1. The molecule has 2 aromatic carbocycles. The van der Waals surface area contributed by atoms with Crippen LogP contribution in [0.2, 0.25) is 0 Å². The second-order valence-corrected chi connectivity index (χ2v) is 4.89. The molecule has 106 valence electrons. The first-order valence-electron chi connectivity index (χ1n) is 6.66. The van der Waals surface area contributed by atoms with Crippen molar-refractivity contribution < 1.29 is 4.79 Å². The van der Waals surface area contributed by atoms with E-state index in [-0.39, 0.29) is 5.91 Å². The van der Waals surface area contributed by atoms with E-state index in [1.807, 2.05) is 42.5 Å². The Kier molecular flexibility index (Phi) is 4.70. The number of amides is 1. The van der Waals surface area contributed by atoms with E-state index in [1.165, 1.54) is 0 Å². The fourth-order valence-corrected chi connectivity index (χ4v) is 2.08. The van der Waals surface area contributed by atoms with Crippen LogP contribution >= 0.6 is 0 Å². The van der Waals surface area contributed by atoms with Crippen molar-refractivity contribution in [2.24, 2.45) is 5.73 Å². The predicted octanol–water partition coefficient (Wildman–Crippen LogP) is 2.22. The summed E-state index contributed by atoms with van der Waals surface area (Å²) in [4.78, 5) is 13.9. The van der Waals surface area contributed by atoms with Gasteiger partial charge in [0, 0.05) is 13.6 Å². The topological polar surface area (TPSA) is 70.1 Å². The van der Waals surface area contributed by atoms with Crippen molar-refractivity contribution in [3.8, 4) is 6.07 Å². The molecule has 21 heavy (non-hydrogen) atoms. The number of hydrogen-bond acceptors (Lipinski definition) is 3. The Labute approximate surface area is 124 Å². The van der Waals surface area contributed by atoms with Crippen LogP contribution in [-0.2, 0) is 11.3 Å². The van der Waals surface area contributed by atoms with Gasteiger partial charge >= 0.3 is 0 Å². The molecule has 4 nitrogen and oxygen atoms in total. The molecule has 0 radical (unpaired) electrons. The lowest BCUT2D eigenvalue weighted by Crippen LogP contribution is -2.35. The highest BCUT2D eigenvalue weighted by Gasteiger charge is 2.19. The normalized spacial score (nSPS) is 11.5. The first kappa shape index (κ1) is 14.8. The van der Waals surface area contributed by atoms with Crippen LogP contribution in [0.3, 0.4) is 0 Å². The molecular weight excluding hydrogens is 262 g/mol. The van der Waals surface area contributed by atoms with Gasteiger partial charge < -0.3 is 10.6 Å². The molecule has 2 N–H and O–H groups in total. The van der Waals surface area contributed by atoms with Gasteiger partial charge in [-0.1, -0.05) is 42.5 Å². The van der Waals surface area contributed by atoms with Crippen LogP contribution in [0.25, 0.3) is 0 Å². The molecule has 0 aliphatic rings. The monoisotopic (exact) mass is 279 g/mol. The molecule has 0 saturated heterocycles. The second-order valence-electron chi connectivity index (χ2n) is 4.89. The Morgan fingerprint density at radius 2 is 1.81 bits per heavy atom. The molecule has 0 fully saturated rings. The minimum absolute atomic E-state index is 0.134. The number of benzene rings is 2. The molecule has 0 aliphatic heterocycles. The van der Waals surface area contributed by atoms with Crippen molar-refractivity contribution in [2.45, 2.75) is 12.6 Å². The summed E-state index contributed by atoms with van der Waals surface area (Å²) in [6, 6.07) is 17.9. The van der Waals surface area contributed by atoms with E-state index in [9.17, 15) is 4.79 Å². The van der Waals surface area contributed by atoms with E-state index in [0.29, 0.717) is 12.1 Å². The van der Waals surface area contributed by atoms with E-state index in [0.717, 1.165) is 11.1 Å². The molecule has 4 heteroatoms. The van der Waals surface area contributed by atoms with Crippen molar-refractivity contribution >= 4 is 5.91 Å². The average molecular weight is 279 g/mol. The molecule has 2 aromatic rings. The summed E-state index contributed by atoms with van der Waals surface area (Å²) < 4.78 is 0. The quantitative estimate of drug-likeness (QED) is 0.932. The Morgan fingerprint density at radius 1 is 1.19 bits per heavy atom. The van der Waals surface area contributed by atoms with Crippen LogP contribution in [-0.4, -0.2) is 17.9 Å². The number of nitrogens with zero attached hydrogens (tertiary/aromatic N) is 2. The molecule has 0 aliphatic carbocycles. The smallest absolute Gasteiger partial charge is 0.244 e. The molecular formula is C17H17N3O. The molecule has 0 aromatic heterocycles. The minimum atomic E-state index is -0.658. The summed E-state index contributed by atoms with van der Waals surface area (Å²) >= 11 is 0. The van der Waals surface area contributed by atoms with Crippen LogP contribution in [0, 0.1) is 11.3 Å². The SMILES string of the molecule is CN(Cc1ccc(C#N)cc1)C(=O)[C@H](N)c1ccccc1. The van der Waals surface area contributed by atoms with Gasteiger partial charge in [0.2, 0.25) is 5.91 Å². The Balaban J connectivity index is 2.03. The predicted molar refractivity (Wildman–Crippen MR) is 81.0 cm³/mol. The first-order chi connectivity index (χ1) is 10.1. The number of carbonyl (C=O) groups excluding carboxylic acids is 1. The van der Waals surface area contributed by atoms with E-state index >= 15 is 0 Å². The van der Waals surface area contributed by atoms with E-state index in [2.05, 4.69) is 6.07 Å². The van der Waals surface area contributed by atoms with Crippen molar-refractivity contribution in [1.82, 2.24) is 4.90 Å². The largest absolute Gasteiger partial charge is 0.340 e. The number of rotatable bonds is 4. The highest BCUT2D eigenvalue weighted by molar-refractivity contribution is 5.82. The van der Waals surface area contributed by atoms with Gasteiger partial charge in [0.05, 0.1) is 11.6 Å². The van der Waals surface area contributed by atoms with Crippen molar-refractivity contribution in [1.29, 1.82) is 5.26 Å². The highest BCUT2D eigenvalue weighted by atomic mass is 16.2. The third kappa shape index (κ3) is 3.68. The van der Waals surface area contributed by atoms with Gasteiger partial charge in [-0.25, -0.2) is 0 Å². The summed E-state index contributed by atoms with van der Waals surface area (Å²) in [5.74, 6) is -0.134. The lowest BCUT2D eigenvalue weighted by atomic mass is 10.1. The molecule has 1 amide bonds. The maximum absolute atomic E-state index is 12.3. The summed E-state index contributed by atoms with van der Waals surface area (Å²) in [5.41, 5.74) is 8.37. The van der Waals surface area contributed by atoms with Gasteiger partial charge in [-0.2, -0.15) is 5.26 Å². The Hall–Kier alpha value is -2.64. The molecule has 0 unspecified atom stereocenters. The number of carbonyl (C=O) groups is 1. The van der Waals surface area contributed by atoms with Crippen LogP contribution in [0.1, 0.15) is 22.7 Å². The van der Waals surface area contributed by atoms with Gasteiger partial charge in [0.15, 0.2) is 0 Å². The fourth-order valence-electron chi connectivity index (χ4n) is 2.08. The van der Waals surface area contributed by atoms with E-state index in [1.54, 1.807) is 24.1 Å². The van der Waals surface area contributed by atoms with Crippen LogP contribution in [0.4, 0.5) is 0 Å². The van der Waals surface area contributed by atoms with Crippen LogP contribution < -0.4 is 5.73 Å². The molecule has 0 bridgehead atoms. The lowest BCUT2D eigenvalue weighted by Gasteiger charge is -2.21. The molecule has 2 rings (SSSR count). The van der Waals surface area contributed by atoms with E-state index < -0.39 is 6.04 Å². The molecule has 0 spiro atoms. The zero-order valence-electron chi connectivity index (χ0n) is 11.9. The zero-order chi connectivity index (χ0) is 15.2. The van der Waals surface area contributed by atoms with Crippen molar-refractivity contribution in [2.75, 3.05) is 7.05 Å². The lowest BCUT2D eigenvalue weighted by molar-refractivity contribution is -0.131. The van der Waals surface area contributed by atoms with Crippen molar-refractivity contribution in [3.05, 3.63) is 71.3 Å². The zero-order valence-corrected chi connectivity index (χ0v) is 11.9. The van der Waals surface area contributed by atoms with Gasteiger partial charge in [-0.3, -0.25) is 4.79 Å². The number of nitriles is 1. The molecule has 0 saturated carbocycles. The Morgan fingerprint density at radius 3 is 2.38 bits per heavy atom. The van der Waals surface area contributed by atoms with Gasteiger partial charge in [-0.05, 0) is 23.3 Å².